The minimum atomic E-state index is -4.72. The first-order chi connectivity index (χ1) is 12.3. The van der Waals surface area contributed by atoms with Crippen LogP contribution in [0.2, 0.25) is 0 Å². The summed E-state index contributed by atoms with van der Waals surface area (Å²) in [7, 11) is 1.33. The molecule has 1 amide bonds. The molecule has 0 aliphatic heterocycles. The summed E-state index contributed by atoms with van der Waals surface area (Å²) in [5, 5.41) is 13.1. The Kier molecular flexibility index (Phi) is 5.93. The SMILES string of the molecule is COC/C(=N\NC=O)c1ccc(-c2ccc(F)c(O)c2)c(C(F)(F)F)c1. The Balaban J connectivity index is 2.61. The normalized spacial score (nSPS) is 12.1. The van der Waals surface area contributed by atoms with Gasteiger partial charge in [-0.1, -0.05) is 18.2 Å². The number of rotatable bonds is 6. The highest BCUT2D eigenvalue weighted by Gasteiger charge is 2.34. The summed E-state index contributed by atoms with van der Waals surface area (Å²) >= 11 is 0. The van der Waals surface area contributed by atoms with Crippen molar-refractivity contribution in [1.82, 2.24) is 5.43 Å². The number of ether oxygens (including phenoxy) is 1. The number of carbonyl (C=O) groups excluding carboxylic acids is 1. The number of halogens is 4. The topological polar surface area (TPSA) is 70.9 Å². The molecule has 0 unspecified atom stereocenters. The quantitative estimate of drug-likeness (QED) is 0.355. The smallest absolute Gasteiger partial charge is 0.417 e. The van der Waals surface area contributed by atoms with E-state index in [2.05, 4.69) is 5.10 Å². The van der Waals surface area contributed by atoms with E-state index in [1.54, 1.807) is 0 Å². The second-order valence-corrected chi connectivity index (χ2v) is 5.16. The van der Waals surface area contributed by atoms with Crippen molar-refractivity contribution in [3.05, 3.63) is 53.3 Å². The minimum absolute atomic E-state index is 0.000906. The number of nitrogens with one attached hydrogen (secondary N) is 1. The van der Waals surface area contributed by atoms with Gasteiger partial charge in [0.2, 0.25) is 6.41 Å². The van der Waals surface area contributed by atoms with Crippen LogP contribution in [0.5, 0.6) is 5.75 Å². The molecule has 0 radical (unpaired) electrons. The van der Waals surface area contributed by atoms with Crippen LogP contribution in [0.25, 0.3) is 11.1 Å². The van der Waals surface area contributed by atoms with E-state index in [-0.39, 0.29) is 35.4 Å². The number of benzene rings is 2. The second-order valence-electron chi connectivity index (χ2n) is 5.16. The van der Waals surface area contributed by atoms with Gasteiger partial charge in [-0.25, -0.2) is 9.82 Å². The van der Waals surface area contributed by atoms with Crippen LogP contribution >= 0.6 is 0 Å². The van der Waals surface area contributed by atoms with E-state index in [1.165, 1.54) is 19.2 Å². The van der Waals surface area contributed by atoms with Gasteiger partial charge in [-0.3, -0.25) is 4.79 Å². The van der Waals surface area contributed by atoms with Gasteiger partial charge in [-0.2, -0.15) is 18.3 Å². The van der Waals surface area contributed by atoms with Crippen molar-refractivity contribution in [2.24, 2.45) is 5.10 Å². The van der Waals surface area contributed by atoms with Gasteiger partial charge in [-0.05, 0) is 29.3 Å². The van der Waals surface area contributed by atoms with Crippen molar-refractivity contribution in [2.45, 2.75) is 6.18 Å². The Morgan fingerprint density at radius 3 is 2.58 bits per heavy atom. The van der Waals surface area contributed by atoms with Gasteiger partial charge in [0.15, 0.2) is 11.6 Å². The fraction of sp³-hybridized carbons (Fsp3) is 0.176. The highest BCUT2D eigenvalue weighted by atomic mass is 19.4. The molecule has 0 aromatic heterocycles. The fourth-order valence-electron chi connectivity index (χ4n) is 2.31. The molecule has 2 aromatic rings. The third-order valence-corrected chi connectivity index (χ3v) is 3.45. The van der Waals surface area contributed by atoms with Crippen LogP contribution in [0, 0.1) is 5.82 Å². The Morgan fingerprint density at radius 2 is 2.00 bits per heavy atom. The van der Waals surface area contributed by atoms with Crippen molar-refractivity contribution in [3.63, 3.8) is 0 Å². The van der Waals surface area contributed by atoms with Crippen LogP contribution < -0.4 is 5.43 Å². The van der Waals surface area contributed by atoms with Gasteiger partial charge in [0.25, 0.3) is 0 Å². The Bertz CT molecular complexity index is 835. The average Bonchev–Trinajstić information content (AvgIpc) is 2.60. The number of nitrogens with zero attached hydrogens (tertiary/aromatic N) is 1. The van der Waals surface area contributed by atoms with Crippen molar-refractivity contribution >= 4 is 12.1 Å². The van der Waals surface area contributed by atoms with Crippen LogP contribution in [0.1, 0.15) is 11.1 Å². The second kappa shape index (κ2) is 7.96. The van der Waals surface area contributed by atoms with E-state index in [0.717, 1.165) is 24.3 Å². The molecule has 0 saturated heterocycles. The van der Waals surface area contributed by atoms with E-state index in [0.29, 0.717) is 0 Å². The molecule has 0 fully saturated rings. The van der Waals surface area contributed by atoms with E-state index in [9.17, 15) is 27.5 Å². The summed E-state index contributed by atoms with van der Waals surface area (Å²) in [5.74, 6) is -1.69. The number of methoxy groups -OCH3 is 1. The first-order valence-electron chi connectivity index (χ1n) is 7.23. The Morgan fingerprint density at radius 1 is 1.27 bits per heavy atom. The van der Waals surface area contributed by atoms with Crippen molar-refractivity contribution in [1.29, 1.82) is 0 Å². The molecule has 0 heterocycles. The van der Waals surface area contributed by atoms with E-state index in [4.69, 9.17) is 4.74 Å². The number of carbonyl (C=O) groups is 1. The number of aromatic hydroxyl groups is 1. The number of hydrogen-bond donors (Lipinski definition) is 2. The molecule has 0 atom stereocenters. The largest absolute Gasteiger partial charge is 0.505 e. The molecule has 0 bridgehead atoms. The Labute approximate surface area is 145 Å². The maximum absolute atomic E-state index is 13.5. The van der Waals surface area contributed by atoms with Crippen LogP contribution in [0.3, 0.4) is 0 Å². The molecule has 0 spiro atoms. The van der Waals surface area contributed by atoms with Gasteiger partial charge >= 0.3 is 6.18 Å². The number of phenols is 1. The molecular formula is C17H14F4N2O3. The van der Waals surface area contributed by atoms with Gasteiger partial charge in [0.1, 0.15) is 0 Å². The van der Waals surface area contributed by atoms with E-state index >= 15 is 0 Å². The number of phenolic OH excluding ortho intramolecular Hbond substituents is 1. The molecule has 0 aliphatic rings. The maximum Gasteiger partial charge on any atom is 0.417 e. The lowest BCUT2D eigenvalue weighted by Gasteiger charge is -2.16. The van der Waals surface area contributed by atoms with E-state index in [1.807, 2.05) is 5.43 Å². The Hall–Kier alpha value is -2.94. The number of hydrogen-bond acceptors (Lipinski definition) is 4. The number of alkyl halides is 3. The summed E-state index contributed by atoms with van der Waals surface area (Å²) in [4.78, 5) is 10.4. The van der Waals surface area contributed by atoms with E-state index < -0.39 is 23.3 Å². The highest BCUT2D eigenvalue weighted by molar-refractivity contribution is 6.02. The van der Waals surface area contributed by atoms with Gasteiger partial charge in [-0.15, -0.1) is 0 Å². The monoisotopic (exact) mass is 370 g/mol. The van der Waals surface area contributed by atoms with Crippen molar-refractivity contribution in [2.75, 3.05) is 13.7 Å². The molecule has 5 nitrogen and oxygen atoms in total. The van der Waals surface area contributed by atoms with Crippen LogP contribution in [0.15, 0.2) is 41.5 Å². The average molecular weight is 370 g/mol. The van der Waals surface area contributed by atoms with Crippen molar-refractivity contribution in [3.8, 4) is 16.9 Å². The van der Waals surface area contributed by atoms with Gasteiger partial charge < -0.3 is 9.84 Å². The molecule has 2 N–H and O–H groups in total. The highest BCUT2D eigenvalue weighted by Crippen LogP contribution is 2.38. The molecule has 26 heavy (non-hydrogen) atoms. The summed E-state index contributed by atoms with van der Waals surface area (Å²) < 4.78 is 58.6. The number of amides is 1. The third-order valence-electron chi connectivity index (χ3n) is 3.45. The lowest BCUT2D eigenvalue weighted by molar-refractivity contribution is -0.137. The fourth-order valence-corrected chi connectivity index (χ4v) is 2.31. The van der Waals surface area contributed by atoms with Gasteiger partial charge in [0.05, 0.1) is 17.9 Å². The predicted molar refractivity (Wildman–Crippen MR) is 86.1 cm³/mol. The zero-order valence-electron chi connectivity index (χ0n) is 13.5. The summed E-state index contributed by atoms with van der Waals surface area (Å²) in [6, 6.07) is 6.31. The molecule has 9 heteroatoms. The lowest BCUT2D eigenvalue weighted by Crippen LogP contribution is -2.16. The molecule has 0 aliphatic carbocycles. The van der Waals surface area contributed by atoms with Crippen LogP contribution in [-0.4, -0.2) is 30.9 Å². The van der Waals surface area contributed by atoms with Gasteiger partial charge in [0, 0.05) is 12.7 Å². The van der Waals surface area contributed by atoms with Crippen LogP contribution in [-0.2, 0) is 15.7 Å². The molecule has 2 aromatic carbocycles. The third kappa shape index (κ3) is 4.37. The lowest BCUT2D eigenvalue weighted by atomic mass is 9.95. The first kappa shape index (κ1) is 19.4. The summed E-state index contributed by atoms with van der Waals surface area (Å²) in [6.07, 6.45) is -4.44. The summed E-state index contributed by atoms with van der Waals surface area (Å²) in [5.41, 5.74) is 0.946. The minimum Gasteiger partial charge on any atom is -0.505 e. The van der Waals surface area contributed by atoms with Crippen molar-refractivity contribution < 1.29 is 32.2 Å². The molecule has 2 rings (SSSR count). The first-order valence-corrected chi connectivity index (χ1v) is 7.23. The number of hydrazone groups is 1. The predicted octanol–water partition coefficient (Wildman–Crippen LogP) is 3.31. The molecule has 138 valence electrons. The van der Waals surface area contributed by atoms with Crippen LogP contribution in [0.4, 0.5) is 17.6 Å². The maximum atomic E-state index is 13.5. The zero-order chi connectivity index (χ0) is 19.3. The summed E-state index contributed by atoms with van der Waals surface area (Å²) in [6.45, 7) is -0.130. The standard InChI is InChI=1S/C17H14F4N2O3/c1-26-8-15(23-22-9-24)11-2-4-12(13(6-11)17(19,20)21)10-3-5-14(18)16(25)7-10/h2-7,9,25H,8H2,1H3,(H,22,24)/b23-15+. The molecule has 0 saturated carbocycles. The zero-order valence-corrected chi connectivity index (χ0v) is 13.5. The molecular weight excluding hydrogens is 356 g/mol.